The lowest BCUT2D eigenvalue weighted by Gasteiger charge is -2.11. The topological polar surface area (TPSA) is 68.2 Å². The molecule has 0 bridgehead atoms. The summed E-state index contributed by atoms with van der Waals surface area (Å²) < 4.78 is 6.99. The highest BCUT2D eigenvalue weighted by Crippen LogP contribution is 2.02. The van der Waals surface area contributed by atoms with Gasteiger partial charge >= 0.3 is 6.03 Å². The second-order valence-corrected chi connectivity index (χ2v) is 4.16. The summed E-state index contributed by atoms with van der Waals surface area (Å²) in [6, 6.07) is 1.99. The summed E-state index contributed by atoms with van der Waals surface area (Å²) in [5, 5.41) is 9.77. The van der Waals surface area contributed by atoms with Crippen LogP contribution in [0.3, 0.4) is 0 Å². The third kappa shape index (κ3) is 3.45. The molecule has 0 saturated carbocycles. The van der Waals surface area contributed by atoms with Crippen molar-refractivity contribution in [3.8, 4) is 0 Å². The monoisotopic (exact) mass is 238 g/mol. The fourth-order valence-corrected chi connectivity index (χ4v) is 1.84. The van der Waals surface area contributed by atoms with Crippen molar-refractivity contribution in [2.75, 3.05) is 19.8 Å². The van der Waals surface area contributed by atoms with E-state index in [1.165, 1.54) is 0 Å². The normalized spacial score (nSPS) is 19.2. The zero-order valence-corrected chi connectivity index (χ0v) is 9.98. The third-order valence-corrected chi connectivity index (χ3v) is 2.85. The van der Waals surface area contributed by atoms with Crippen molar-refractivity contribution in [3.05, 3.63) is 18.0 Å². The quantitative estimate of drug-likeness (QED) is 0.779. The van der Waals surface area contributed by atoms with Crippen LogP contribution in [0.4, 0.5) is 4.79 Å². The van der Waals surface area contributed by atoms with Gasteiger partial charge in [-0.25, -0.2) is 4.79 Å². The summed E-state index contributed by atoms with van der Waals surface area (Å²) in [4.78, 5) is 11.5. The van der Waals surface area contributed by atoms with Crippen LogP contribution in [0.2, 0.25) is 0 Å². The minimum atomic E-state index is -0.123. The number of nitrogens with zero attached hydrogens (tertiary/aromatic N) is 2. The fourth-order valence-electron chi connectivity index (χ4n) is 1.84. The molecule has 0 aliphatic carbocycles. The summed E-state index contributed by atoms with van der Waals surface area (Å²) in [5.41, 5.74) is 1.11. The fraction of sp³-hybridized carbons (Fsp3) is 0.636. The van der Waals surface area contributed by atoms with Crippen LogP contribution in [0.5, 0.6) is 0 Å². The van der Waals surface area contributed by atoms with E-state index in [1.807, 2.05) is 17.8 Å². The Morgan fingerprint density at radius 1 is 1.71 bits per heavy atom. The molecule has 1 aliphatic heterocycles. The number of urea groups is 1. The van der Waals surface area contributed by atoms with Crippen molar-refractivity contribution in [1.82, 2.24) is 20.4 Å². The summed E-state index contributed by atoms with van der Waals surface area (Å²) in [6.45, 7) is 1.97. The Kier molecular flexibility index (Phi) is 3.98. The molecule has 0 aromatic carbocycles. The van der Waals surface area contributed by atoms with Crippen LogP contribution in [-0.4, -0.2) is 41.6 Å². The highest BCUT2D eigenvalue weighted by atomic mass is 16.5. The van der Waals surface area contributed by atoms with Crippen LogP contribution in [0.25, 0.3) is 0 Å². The third-order valence-electron chi connectivity index (χ3n) is 2.85. The maximum absolute atomic E-state index is 11.5. The molecule has 2 amide bonds. The van der Waals surface area contributed by atoms with Gasteiger partial charge in [0.15, 0.2) is 0 Å². The lowest BCUT2D eigenvalue weighted by molar-refractivity contribution is 0.188. The number of ether oxygens (including phenoxy) is 1. The lowest BCUT2D eigenvalue weighted by Crippen LogP contribution is -2.43. The van der Waals surface area contributed by atoms with Gasteiger partial charge in [0.05, 0.1) is 12.6 Å². The van der Waals surface area contributed by atoms with E-state index in [1.54, 1.807) is 6.20 Å². The molecular weight excluding hydrogens is 220 g/mol. The van der Waals surface area contributed by atoms with Gasteiger partial charge in [-0.15, -0.1) is 0 Å². The minimum absolute atomic E-state index is 0.123. The van der Waals surface area contributed by atoms with E-state index in [-0.39, 0.29) is 12.1 Å². The first-order valence-electron chi connectivity index (χ1n) is 5.84. The van der Waals surface area contributed by atoms with Crippen molar-refractivity contribution in [2.24, 2.45) is 7.05 Å². The van der Waals surface area contributed by atoms with Crippen LogP contribution in [0.1, 0.15) is 12.1 Å². The van der Waals surface area contributed by atoms with Gasteiger partial charge in [-0.3, -0.25) is 4.68 Å². The predicted molar refractivity (Wildman–Crippen MR) is 62.7 cm³/mol. The average Bonchev–Trinajstić information content (AvgIpc) is 2.91. The molecule has 6 nitrogen and oxygen atoms in total. The number of carbonyl (C=O) groups is 1. The van der Waals surface area contributed by atoms with E-state index in [0.29, 0.717) is 13.2 Å². The van der Waals surface area contributed by atoms with Crippen molar-refractivity contribution < 1.29 is 9.53 Å². The lowest BCUT2D eigenvalue weighted by atomic mass is 10.3. The van der Waals surface area contributed by atoms with Gasteiger partial charge in [0, 0.05) is 38.5 Å². The van der Waals surface area contributed by atoms with Crippen LogP contribution in [0.15, 0.2) is 12.3 Å². The van der Waals surface area contributed by atoms with Crippen molar-refractivity contribution in [2.45, 2.75) is 18.9 Å². The van der Waals surface area contributed by atoms with Crippen LogP contribution >= 0.6 is 0 Å². The smallest absolute Gasteiger partial charge is 0.315 e. The highest BCUT2D eigenvalue weighted by molar-refractivity contribution is 5.74. The van der Waals surface area contributed by atoms with Crippen LogP contribution < -0.4 is 10.6 Å². The number of nitrogens with one attached hydrogen (secondary N) is 2. The van der Waals surface area contributed by atoms with E-state index in [4.69, 9.17) is 4.74 Å². The van der Waals surface area contributed by atoms with Gasteiger partial charge in [-0.05, 0) is 12.5 Å². The molecule has 17 heavy (non-hydrogen) atoms. The molecule has 94 valence electrons. The van der Waals surface area contributed by atoms with Gasteiger partial charge in [-0.2, -0.15) is 5.10 Å². The predicted octanol–water partition coefficient (Wildman–Crippen LogP) is 0.0507. The number of aromatic nitrogens is 2. The van der Waals surface area contributed by atoms with Gasteiger partial charge in [-0.1, -0.05) is 0 Å². The zero-order valence-electron chi connectivity index (χ0n) is 9.98. The Morgan fingerprint density at radius 3 is 3.24 bits per heavy atom. The molecule has 1 unspecified atom stereocenters. The van der Waals surface area contributed by atoms with Gasteiger partial charge in [0.2, 0.25) is 0 Å². The summed E-state index contributed by atoms with van der Waals surface area (Å²) in [6.07, 6.45) is 3.44. The Hall–Kier alpha value is -1.56. The zero-order chi connectivity index (χ0) is 12.1. The first-order chi connectivity index (χ1) is 8.25. The van der Waals surface area contributed by atoms with Crippen molar-refractivity contribution in [3.63, 3.8) is 0 Å². The maximum atomic E-state index is 11.5. The van der Waals surface area contributed by atoms with E-state index in [0.717, 1.165) is 25.1 Å². The molecule has 1 aromatic heterocycles. The highest BCUT2D eigenvalue weighted by Gasteiger charge is 2.17. The Labute approximate surface area is 100 Å². The van der Waals surface area contributed by atoms with Crippen LogP contribution in [0, 0.1) is 0 Å². The van der Waals surface area contributed by atoms with E-state index in [9.17, 15) is 4.79 Å². The molecule has 0 radical (unpaired) electrons. The van der Waals surface area contributed by atoms with Gasteiger partial charge in [0.25, 0.3) is 0 Å². The molecule has 1 fully saturated rings. The largest absolute Gasteiger partial charge is 0.379 e. The Morgan fingerprint density at radius 2 is 2.59 bits per heavy atom. The van der Waals surface area contributed by atoms with E-state index in [2.05, 4.69) is 15.7 Å². The molecule has 2 rings (SSSR count). The second kappa shape index (κ2) is 5.67. The first kappa shape index (κ1) is 11.9. The maximum Gasteiger partial charge on any atom is 0.315 e. The molecule has 1 aromatic rings. The number of hydrogen-bond acceptors (Lipinski definition) is 3. The number of rotatable bonds is 4. The summed E-state index contributed by atoms with van der Waals surface area (Å²) >= 11 is 0. The van der Waals surface area contributed by atoms with E-state index >= 15 is 0 Å². The number of amides is 2. The molecule has 1 saturated heterocycles. The number of aryl methyl sites for hydroxylation is 1. The van der Waals surface area contributed by atoms with Crippen molar-refractivity contribution >= 4 is 6.03 Å². The van der Waals surface area contributed by atoms with Crippen LogP contribution in [-0.2, 0) is 18.2 Å². The Bertz CT molecular complexity index is 371. The molecule has 2 N–H and O–H groups in total. The summed E-state index contributed by atoms with van der Waals surface area (Å²) in [5.74, 6) is 0. The minimum Gasteiger partial charge on any atom is -0.379 e. The molecule has 2 heterocycles. The second-order valence-electron chi connectivity index (χ2n) is 4.16. The number of hydrogen-bond donors (Lipinski definition) is 2. The Balaban J connectivity index is 1.64. The van der Waals surface area contributed by atoms with E-state index < -0.39 is 0 Å². The molecule has 6 heteroatoms. The molecule has 1 atom stereocenters. The first-order valence-corrected chi connectivity index (χ1v) is 5.84. The van der Waals surface area contributed by atoms with Crippen molar-refractivity contribution in [1.29, 1.82) is 0 Å². The SMILES string of the molecule is Cn1nccc1CCNC(=O)NC1CCOC1. The molecule has 1 aliphatic rings. The van der Waals surface area contributed by atoms with Gasteiger partial charge < -0.3 is 15.4 Å². The molecular formula is C11H18N4O2. The average molecular weight is 238 g/mol. The molecule has 0 spiro atoms. The number of carbonyl (C=O) groups excluding carboxylic acids is 1. The van der Waals surface area contributed by atoms with Gasteiger partial charge in [0.1, 0.15) is 0 Å². The summed E-state index contributed by atoms with van der Waals surface area (Å²) in [7, 11) is 1.89. The standard InChI is InChI=1S/C11H18N4O2/c1-15-10(3-6-13-15)2-5-12-11(16)14-9-4-7-17-8-9/h3,6,9H,2,4-5,7-8H2,1H3,(H2,12,14,16).